The zero-order valence-electron chi connectivity index (χ0n) is 12.8. The molecule has 1 amide bonds. The van der Waals surface area contributed by atoms with Gasteiger partial charge in [0.15, 0.2) is 0 Å². The molecule has 1 fully saturated rings. The van der Waals surface area contributed by atoms with Gasteiger partial charge in [-0.05, 0) is 55.2 Å². The summed E-state index contributed by atoms with van der Waals surface area (Å²) < 4.78 is 0. The summed E-state index contributed by atoms with van der Waals surface area (Å²) in [5.41, 5.74) is 10.5. The molecular formula is C17H20N4O. The molecule has 0 bridgehead atoms. The van der Waals surface area contributed by atoms with Crippen molar-refractivity contribution in [3.8, 4) is 0 Å². The quantitative estimate of drug-likeness (QED) is 0.813. The van der Waals surface area contributed by atoms with Crippen molar-refractivity contribution in [3.05, 3.63) is 59.4 Å². The lowest BCUT2D eigenvalue weighted by Crippen LogP contribution is -2.39. The highest BCUT2D eigenvalue weighted by atomic mass is 16.2. The van der Waals surface area contributed by atoms with Crippen LogP contribution in [0.2, 0.25) is 0 Å². The van der Waals surface area contributed by atoms with Gasteiger partial charge in [-0.3, -0.25) is 9.78 Å². The lowest BCUT2D eigenvalue weighted by Gasteiger charge is -2.12. The average molecular weight is 296 g/mol. The summed E-state index contributed by atoms with van der Waals surface area (Å²) in [6.45, 7) is 4.10. The molecule has 1 saturated heterocycles. The van der Waals surface area contributed by atoms with Crippen LogP contribution < -0.4 is 16.2 Å². The van der Waals surface area contributed by atoms with Crippen LogP contribution in [0.1, 0.15) is 29.2 Å². The Balaban J connectivity index is 1.63. The molecule has 3 N–H and O–H groups in total. The van der Waals surface area contributed by atoms with Crippen LogP contribution in [0.3, 0.4) is 0 Å². The monoisotopic (exact) mass is 296 g/mol. The number of pyridine rings is 1. The Kier molecular flexibility index (Phi) is 4.18. The van der Waals surface area contributed by atoms with Crippen LogP contribution in [0.5, 0.6) is 0 Å². The molecule has 2 atom stereocenters. The van der Waals surface area contributed by atoms with E-state index >= 15 is 0 Å². The number of aromatic nitrogens is 1. The van der Waals surface area contributed by atoms with Crippen molar-refractivity contribution < 1.29 is 4.79 Å². The molecule has 2 heterocycles. The molecule has 3 rings (SSSR count). The minimum atomic E-state index is -0.258. The molecule has 1 aromatic carbocycles. The minimum absolute atomic E-state index is 0.0258. The summed E-state index contributed by atoms with van der Waals surface area (Å²) in [6, 6.07) is 9.70. The number of carbonyl (C=O) groups is 1. The van der Waals surface area contributed by atoms with Crippen molar-refractivity contribution in [2.45, 2.75) is 32.4 Å². The lowest BCUT2D eigenvalue weighted by molar-refractivity contribution is -0.117. The summed E-state index contributed by atoms with van der Waals surface area (Å²) in [7, 11) is 0. The molecule has 114 valence electrons. The van der Waals surface area contributed by atoms with E-state index in [0.29, 0.717) is 6.42 Å². The maximum absolute atomic E-state index is 12.4. The fourth-order valence-electron chi connectivity index (χ4n) is 2.58. The van der Waals surface area contributed by atoms with Gasteiger partial charge < -0.3 is 5.32 Å². The van der Waals surface area contributed by atoms with Crippen molar-refractivity contribution in [1.29, 1.82) is 0 Å². The van der Waals surface area contributed by atoms with Crippen LogP contribution in [-0.4, -0.2) is 16.9 Å². The van der Waals surface area contributed by atoms with Gasteiger partial charge in [0.25, 0.3) is 0 Å². The number of nitrogens with zero attached hydrogens (tertiary/aromatic N) is 1. The van der Waals surface area contributed by atoms with Gasteiger partial charge in [0, 0.05) is 24.1 Å². The largest absolute Gasteiger partial charge is 0.325 e. The first-order valence-corrected chi connectivity index (χ1v) is 7.42. The first-order chi connectivity index (χ1) is 10.6. The number of hydrogen-bond donors (Lipinski definition) is 3. The van der Waals surface area contributed by atoms with Gasteiger partial charge in [-0.2, -0.15) is 0 Å². The number of amides is 1. The highest BCUT2D eigenvalue weighted by molar-refractivity contribution is 5.95. The van der Waals surface area contributed by atoms with E-state index in [4.69, 9.17) is 0 Å². The third-order valence-corrected chi connectivity index (χ3v) is 4.08. The van der Waals surface area contributed by atoms with Gasteiger partial charge in [-0.15, -0.1) is 0 Å². The van der Waals surface area contributed by atoms with Crippen molar-refractivity contribution in [1.82, 2.24) is 15.8 Å². The Morgan fingerprint density at radius 1 is 1.23 bits per heavy atom. The Bertz CT molecular complexity index is 672. The van der Waals surface area contributed by atoms with E-state index < -0.39 is 0 Å². The number of carbonyl (C=O) groups excluding carboxylic acids is 1. The average Bonchev–Trinajstić information content (AvgIpc) is 3.02. The van der Waals surface area contributed by atoms with Crippen LogP contribution in [0, 0.1) is 13.8 Å². The van der Waals surface area contributed by atoms with Crippen LogP contribution in [0.4, 0.5) is 5.69 Å². The van der Waals surface area contributed by atoms with E-state index in [1.807, 2.05) is 43.5 Å². The molecule has 5 nitrogen and oxygen atoms in total. The van der Waals surface area contributed by atoms with E-state index in [1.54, 1.807) is 6.20 Å². The Morgan fingerprint density at radius 2 is 2.09 bits per heavy atom. The SMILES string of the molecule is Cc1ccc(NC(=O)C2CC(c3cccnc3)NN2)cc1C. The molecule has 1 aliphatic heterocycles. The molecular weight excluding hydrogens is 276 g/mol. The van der Waals surface area contributed by atoms with E-state index in [1.165, 1.54) is 11.1 Å². The minimum Gasteiger partial charge on any atom is -0.325 e. The molecule has 5 heteroatoms. The second-order valence-corrected chi connectivity index (χ2v) is 5.70. The standard InChI is InChI=1S/C17H20N4O/c1-11-5-6-14(8-12(11)2)19-17(22)16-9-15(20-21-16)13-4-3-7-18-10-13/h3-8,10,15-16,20-21H,9H2,1-2H3,(H,19,22). The van der Waals surface area contributed by atoms with E-state index in [-0.39, 0.29) is 18.0 Å². The fraction of sp³-hybridized carbons (Fsp3) is 0.294. The molecule has 0 saturated carbocycles. The van der Waals surface area contributed by atoms with Gasteiger partial charge >= 0.3 is 0 Å². The lowest BCUT2D eigenvalue weighted by atomic mass is 10.0. The molecule has 1 aliphatic rings. The first kappa shape index (κ1) is 14.7. The van der Waals surface area contributed by atoms with Gasteiger partial charge in [-0.1, -0.05) is 12.1 Å². The van der Waals surface area contributed by atoms with Gasteiger partial charge in [0.05, 0.1) is 0 Å². The first-order valence-electron chi connectivity index (χ1n) is 7.42. The number of anilines is 1. The van der Waals surface area contributed by atoms with Crippen LogP contribution in [0.15, 0.2) is 42.7 Å². The maximum atomic E-state index is 12.4. The highest BCUT2D eigenvalue weighted by Gasteiger charge is 2.30. The van der Waals surface area contributed by atoms with Crippen molar-refractivity contribution in [3.63, 3.8) is 0 Å². The second kappa shape index (κ2) is 6.25. The summed E-state index contributed by atoms with van der Waals surface area (Å²) in [5, 5.41) is 2.97. The third-order valence-electron chi connectivity index (χ3n) is 4.08. The molecule has 22 heavy (non-hydrogen) atoms. The van der Waals surface area contributed by atoms with E-state index in [2.05, 4.69) is 28.1 Å². The number of aryl methyl sites for hydroxylation is 2. The molecule has 1 aromatic heterocycles. The smallest absolute Gasteiger partial charge is 0.242 e. The predicted molar refractivity (Wildman–Crippen MR) is 86.2 cm³/mol. The molecule has 2 aromatic rings. The van der Waals surface area contributed by atoms with Crippen molar-refractivity contribution >= 4 is 11.6 Å². The third kappa shape index (κ3) is 3.16. The highest BCUT2D eigenvalue weighted by Crippen LogP contribution is 2.22. The van der Waals surface area contributed by atoms with Gasteiger partial charge in [-0.25, -0.2) is 10.9 Å². The second-order valence-electron chi connectivity index (χ2n) is 5.70. The Hall–Kier alpha value is -2.24. The van der Waals surface area contributed by atoms with Crippen LogP contribution in [-0.2, 0) is 4.79 Å². The van der Waals surface area contributed by atoms with Crippen molar-refractivity contribution in [2.75, 3.05) is 5.32 Å². The molecule has 0 radical (unpaired) electrons. The van der Waals surface area contributed by atoms with E-state index in [0.717, 1.165) is 11.3 Å². The summed E-state index contributed by atoms with van der Waals surface area (Å²) in [6.07, 6.45) is 4.27. The zero-order valence-corrected chi connectivity index (χ0v) is 12.8. The number of nitrogens with one attached hydrogen (secondary N) is 3. The van der Waals surface area contributed by atoms with Crippen LogP contribution >= 0.6 is 0 Å². The fourth-order valence-corrected chi connectivity index (χ4v) is 2.58. The zero-order chi connectivity index (χ0) is 15.5. The maximum Gasteiger partial charge on any atom is 0.242 e. The summed E-state index contributed by atoms with van der Waals surface area (Å²) in [4.78, 5) is 16.5. The summed E-state index contributed by atoms with van der Waals surface area (Å²) in [5.74, 6) is -0.0258. The molecule has 2 unspecified atom stereocenters. The van der Waals surface area contributed by atoms with Crippen LogP contribution in [0.25, 0.3) is 0 Å². The topological polar surface area (TPSA) is 66.0 Å². The Morgan fingerprint density at radius 3 is 2.82 bits per heavy atom. The normalized spacial score (nSPS) is 20.8. The Labute approximate surface area is 130 Å². The molecule has 0 spiro atoms. The number of rotatable bonds is 3. The number of hydrogen-bond acceptors (Lipinski definition) is 4. The van der Waals surface area contributed by atoms with E-state index in [9.17, 15) is 4.79 Å². The van der Waals surface area contributed by atoms with Gasteiger partial charge in [0.1, 0.15) is 6.04 Å². The number of hydrazine groups is 1. The van der Waals surface area contributed by atoms with Gasteiger partial charge in [0.2, 0.25) is 5.91 Å². The number of benzene rings is 1. The predicted octanol–water partition coefficient (Wildman–Crippen LogP) is 2.24. The summed E-state index contributed by atoms with van der Waals surface area (Å²) >= 11 is 0. The van der Waals surface area contributed by atoms with Crippen molar-refractivity contribution in [2.24, 2.45) is 0 Å². The molecule has 0 aliphatic carbocycles.